The Morgan fingerprint density at radius 2 is 1.75 bits per heavy atom. The van der Waals surface area contributed by atoms with E-state index in [-0.39, 0.29) is 5.91 Å². The van der Waals surface area contributed by atoms with E-state index in [0.717, 1.165) is 42.6 Å². The Labute approximate surface area is 171 Å². The summed E-state index contributed by atoms with van der Waals surface area (Å²) < 4.78 is 0. The van der Waals surface area contributed by atoms with Gasteiger partial charge in [0.2, 0.25) is 5.91 Å². The van der Waals surface area contributed by atoms with E-state index in [1.165, 1.54) is 11.1 Å². The molecule has 0 fully saturated rings. The van der Waals surface area contributed by atoms with Crippen molar-refractivity contribution in [3.05, 3.63) is 70.2 Å². The highest BCUT2D eigenvalue weighted by Crippen LogP contribution is 2.22. The lowest BCUT2D eigenvalue weighted by molar-refractivity contribution is -0.131. The highest BCUT2D eigenvalue weighted by molar-refractivity contribution is 6.30. The van der Waals surface area contributed by atoms with Crippen LogP contribution in [0.3, 0.4) is 0 Å². The van der Waals surface area contributed by atoms with Crippen molar-refractivity contribution in [3.63, 3.8) is 0 Å². The second-order valence-corrected chi connectivity index (χ2v) is 7.31. The lowest BCUT2D eigenvalue weighted by atomic mass is 10.1. The summed E-state index contributed by atoms with van der Waals surface area (Å²) in [5, 5.41) is 7.27. The number of rotatable bonds is 7. The molecule has 1 heterocycles. The molecule has 6 heteroatoms. The molecule has 2 aromatic rings. The molecule has 2 N–H and O–H groups in total. The topological polar surface area (TPSA) is 56.7 Å². The van der Waals surface area contributed by atoms with Crippen molar-refractivity contribution < 1.29 is 4.79 Å². The van der Waals surface area contributed by atoms with Gasteiger partial charge < -0.3 is 15.5 Å². The molecule has 0 atom stereocenters. The Balaban J connectivity index is 1.41. The molecular formula is C22H27ClN4O. The summed E-state index contributed by atoms with van der Waals surface area (Å²) >= 11 is 5.92. The maximum absolute atomic E-state index is 12.5. The van der Waals surface area contributed by atoms with Crippen LogP contribution in [0.2, 0.25) is 5.02 Å². The molecule has 0 saturated heterocycles. The maximum atomic E-state index is 12.5. The van der Waals surface area contributed by atoms with Crippen molar-refractivity contribution in [2.45, 2.75) is 39.4 Å². The van der Waals surface area contributed by atoms with Gasteiger partial charge in [-0.1, -0.05) is 48.0 Å². The van der Waals surface area contributed by atoms with Crippen molar-refractivity contribution in [2.24, 2.45) is 4.99 Å². The van der Waals surface area contributed by atoms with Gasteiger partial charge in [-0.2, -0.15) is 0 Å². The second kappa shape index (κ2) is 10.1. The average Bonchev–Trinajstić information content (AvgIpc) is 3.14. The maximum Gasteiger partial charge on any atom is 0.223 e. The quantitative estimate of drug-likeness (QED) is 0.424. The minimum absolute atomic E-state index is 0.209. The number of aliphatic imine (C=N–C) groups is 1. The Morgan fingerprint density at radius 3 is 2.39 bits per heavy atom. The van der Waals surface area contributed by atoms with Crippen LogP contribution in [-0.4, -0.2) is 29.9 Å². The van der Waals surface area contributed by atoms with Crippen LogP contribution < -0.4 is 10.6 Å². The molecule has 28 heavy (non-hydrogen) atoms. The van der Waals surface area contributed by atoms with Crippen LogP contribution in [0.1, 0.15) is 36.5 Å². The lowest BCUT2D eigenvalue weighted by Crippen LogP contribution is -2.38. The number of carbonyl (C=O) groups excluding carboxylic acids is 1. The van der Waals surface area contributed by atoms with E-state index in [1.807, 2.05) is 48.2 Å². The molecule has 0 bridgehead atoms. The number of nitrogens with zero attached hydrogens (tertiary/aromatic N) is 2. The molecule has 3 rings (SSSR count). The number of amides is 1. The van der Waals surface area contributed by atoms with Gasteiger partial charge >= 0.3 is 0 Å². The predicted molar refractivity (Wildman–Crippen MR) is 114 cm³/mol. The third kappa shape index (κ3) is 5.73. The van der Waals surface area contributed by atoms with E-state index in [9.17, 15) is 4.79 Å². The van der Waals surface area contributed by atoms with Gasteiger partial charge in [-0.25, -0.2) is 4.99 Å². The standard InChI is InChI=1S/C22H27ClN4O/c1-2-24-22(26-14-17-9-11-20(23)12-10-17)25-13-5-8-21(28)27-15-18-6-3-4-7-19(18)16-27/h3-4,6-7,9-12H,2,5,8,13-16H2,1H3,(H2,24,25,26). The van der Waals surface area contributed by atoms with Crippen molar-refractivity contribution in [2.75, 3.05) is 13.1 Å². The van der Waals surface area contributed by atoms with Crippen molar-refractivity contribution in [1.82, 2.24) is 15.5 Å². The fourth-order valence-electron chi connectivity index (χ4n) is 3.22. The number of fused-ring (bicyclic) bond motifs is 1. The van der Waals surface area contributed by atoms with E-state index in [2.05, 4.69) is 27.8 Å². The smallest absolute Gasteiger partial charge is 0.223 e. The number of hydrogen-bond acceptors (Lipinski definition) is 2. The minimum atomic E-state index is 0.209. The summed E-state index contributed by atoms with van der Waals surface area (Å²) in [5.41, 5.74) is 3.63. The van der Waals surface area contributed by atoms with E-state index in [1.54, 1.807) is 0 Å². The number of guanidine groups is 1. The third-order valence-corrected chi connectivity index (χ3v) is 4.98. The lowest BCUT2D eigenvalue weighted by Gasteiger charge is -2.16. The molecule has 0 unspecified atom stereocenters. The SMILES string of the molecule is CCNC(=NCc1ccc(Cl)cc1)NCCCC(=O)N1Cc2ccccc2C1. The molecule has 5 nitrogen and oxygen atoms in total. The summed E-state index contributed by atoms with van der Waals surface area (Å²) in [6, 6.07) is 16.0. The molecular weight excluding hydrogens is 372 g/mol. The molecule has 1 aliphatic rings. The normalized spacial score (nSPS) is 13.4. The van der Waals surface area contributed by atoms with E-state index in [4.69, 9.17) is 11.6 Å². The number of benzene rings is 2. The summed E-state index contributed by atoms with van der Waals surface area (Å²) in [5.74, 6) is 0.972. The Morgan fingerprint density at radius 1 is 1.07 bits per heavy atom. The zero-order chi connectivity index (χ0) is 19.8. The van der Waals surface area contributed by atoms with Gasteiger partial charge in [0.25, 0.3) is 0 Å². The van der Waals surface area contributed by atoms with E-state index in [0.29, 0.717) is 19.5 Å². The average molecular weight is 399 g/mol. The first-order valence-corrected chi connectivity index (χ1v) is 10.1. The molecule has 0 aromatic heterocycles. The van der Waals surface area contributed by atoms with Crippen LogP contribution in [0.15, 0.2) is 53.5 Å². The van der Waals surface area contributed by atoms with Gasteiger partial charge in [0, 0.05) is 37.6 Å². The number of nitrogens with one attached hydrogen (secondary N) is 2. The molecule has 0 aliphatic carbocycles. The number of halogens is 1. The van der Waals surface area contributed by atoms with Gasteiger partial charge in [-0.05, 0) is 42.2 Å². The second-order valence-electron chi connectivity index (χ2n) is 6.87. The van der Waals surface area contributed by atoms with Crippen molar-refractivity contribution in [3.8, 4) is 0 Å². The fourth-order valence-corrected chi connectivity index (χ4v) is 3.34. The molecule has 2 aromatic carbocycles. The first-order valence-electron chi connectivity index (χ1n) is 9.77. The molecule has 1 aliphatic heterocycles. The van der Waals surface area contributed by atoms with Gasteiger partial charge in [-0.15, -0.1) is 0 Å². The summed E-state index contributed by atoms with van der Waals surface area (Å²) in [6.45, 7) is 5.57. The summed E-state index contributed by atoms with van der Waals surface area (Å²) in [7, 11) is 0. The van der Waals surface area contributed by atoms with Crippen LogP contribution >= 0.6 is 11.6 Å². The molecule has 0 spiro atoms. The zero-order valence-corrected chi connectivity index (χ0v) is 17.0. The van der Waals surface area contributed by atoms with Gasteiger partial charge in [0.1, 0.15) is 0 Å². The Hall–Kier alpha value is -2.53. The Kier molecular flexibility index (Phi) is 7.31. The molecule has 0 radical (unpaired) electrons. The highest BCUT2D eigenvalue weighted by atomic mass is 35.5. The van der Waals surface area contributed by atoms with Crippen LogP contribution in [-0.2, 0) is 24.4 Å². The Bertz CT molecular complexity index is 795. The predicted octanol–water partition coefficient (Wildman–Crippen LogP) is 3.72. The zero-order valence-electron chi connectivity index (χ0n) is 16.2. The third-order valence-electron chi connectivity index (χ3n) is 4.73. The highest BCUT2D eigenvalue weighted by Gasteiger charge is 2.22. The molecule has 1 amide bonds. The first-order chi connectivity index (χ1) is 13.7. The molecule has 0 saturated carbocycles. The fraction of sp³-hybridized carbons (Fsp3) is 0.364. The summed E-state index contributed by atoms with van der Waals surface area (Å²) in [6.07, 6.45) is 1.31. The minimum Gasteiger partial charge on any atom is -0.357 e. The van der Waals surface area contributed by atoms with Gasteiger partial charge in [0.05, 0.1) is 6.54 Å². The molecule has 148 valence electrons. The van der Waals surface area contributed by atoms with Crippen LogP contribution in [0.25, 0.3) is 0 Å². The monoisotopic (exact) mass is 398 g/mol. The van der Waals surface area contributed by atoms with Crippen LogP contribution in [0.4, 0.5) is 0 Å². The van der Waals surface area contributed by atoms with Crippen LogP contribution in [0, 0.1) is 0 Å². The first kappa shape index (κ1) is 20.2. The van der Waals surface area contributed by atoms with E-state index >= 15 is 0 Å². The van der Waals surface area contributed by atoms with Crippen molar-refractivity contribution in [1.29, 1.82) is 0 Å². The number of hydrogen-bond donors (Lipinski definition) is 2. The largest absolute Gasteiger partial charge is 0.357 e. The van der Waals surface area contributed by atoms with Gasteiger partial charge in [-0.3, -0.25) is 4.79 Å². The van der Waals surface area contributed by atoms with Gasteiger partial charge in [0.15, 0.2) is 5.96 Å². The summed E-state index contributed by atoms with van der Waals surface area (Å²) in [4.78, 5) is 19.0. The van der Waals surface area contributed by atoms with E-state index < -0.39 is 0 Å². The number of carbonyl (C=O) groups is 1. The van der Waals surface area contributed by atoms with Crippen molar-refractivity contribution >= 4 is 23.5 Å². The van der Waals surface area contributed by atoms with Crippen LogP contribution in [0.5, 0.6) is 0 Å².